The van der Waals surface area contributed by atoms with Gasteiger partial charge in [-0.3, -0.25) is 4.79 Å². The lowest BCUT2D eigenvalue weighted by molar-refractivity contribution is -0.137. The second-order valence-electron chi connectivity index (χ2n) is 5.00. The Morgan fingerprint density at radius 1 is 1.39 bits per heavy atom. The highest BCUT2D eigenvalue weighted by Gasteiger charge is 2.22. The molecule has 0 aliphatic carbocycles. The number of aliphatic carboxylic acids is 1. The summed E-state index contributed by atoms with van der Waals surface area (Å²) in [5.74, 6) is -0.912. The minimum Gasteiger partial charge on any atom is -0.481 e. The predicted molar refractivity (Wildman–Crippen MR) is 68.6 cm³/mol. The lowest BCUT2D eigenvalue weighted by Crippen LogP contribution is -2.53. The molecule has 1 atom stereocenters. The molecule has 0 aliphatic heterocycles. The summed E-state index contributed by atoms with van der Waals surface area (Å²) in [5.41, 5.74) is -0.487. The molecule has 0 saturated carbocycles. The van der Waals surface area contributed by atoms with Crippen molar-refractivity contribution in [1.29, 1.82) is 0 Å². The van der Waals surface area contributed by atoms with E-state index >= 15 is 0 Å². The number of nitrogens with one attached hydrogen (secondary N) is 2. The van der Waals surface area contributed by atoms with Crippen molar-refractivity contribution in [3.05, 3.63) is 0 Å². The maximum Gasteiger partial charge on any atom is 0.315 e. The largest absolute Gasteiger partial charge is 0.481 e. The van der Waals surface area contributed by atoms with Crippen LogP contribution < -0.4 is 10.6 Å². The van der Waals surface area contributed by atoms with Crippen LogP contribution in [0.15, 0.2) is 0 Å². The van der Waals surface area contributed by atoms with E-state index in [0.717, 1.165) is 6.42 Å². The molecule has 0 spiro atoms. The van der Waals surface area contributed by atoms with Gasteiger partial charge < -0.3 is 20.5 Å². The summed E-state index contributed by atoms with van der Waals surface area (Å²) in [7, 11) is 1.56. The molecular formula is C12H24N2O4. The first-order valence-corrected chi connectivity index (χ1v) is 6.10. The Labute approximate surface area is 108 Å². The van der Waals surface area contributed by atoms with Crippen LogP contribution in [0.2, 0.25) is 0 Å². The van der Waals surface area contributed by atoms with Gasteiger partial charge in [-0.1, -0.05) is 13.3 Å². The zero-order chi connectivity index (χ0) is 14.2. The van der Waals surface area contributed by atoms with Gasteiger partial charge in [-0.25, -0.2) is 4.79 Å². The normalized spacial score (nSPS) is 12.9. The van der Waals surface area contributed by atoms with Crippen LogP contribution in [-0.2, 0) is 9.53 Å². The van der Waals surface area contributed by atoms with Crippen LogP contribution in [-0.4, -0.2) is 42.4 Å². The van der Waals surface area contributed by atoms with Crippen LogP contribution in [0.5, 0.6) is 0 Å². The van der Waals surface area contributed by atoms with Crippen molar-refractivity contribution in [2.24, 2.45) is 0 Å². The summed E-state index contributed by atoms with van der Waals surface area (Å²) in [5, 5.41) is 14.2. The third-order valence-corrected chi connectivity index (χ3v) is 2.35. The molecular weight excluding hydrogens is 236 g/mol. The Morgan fingerprint density at radius 2 is 2.00 bits per heavy atom. The molecule has 0 aromatic heterocycles. The molecule has 0 aromatic rings. The Kier molecular flexibility index (Phi) is 7.35. The van der Waals surface area contributed by atoms with Crippen molar-refractivity contribution in [2.75, 3.05) is 13.7 Å². The van der Waals surface area contributed by atoms with E-state index in [-0.39, 0.29) is 18.5 Å². The number of carbonyl (C=O) groups excluding carboxylic acids is 1. The SMILES string of the molecule is CCCC(CC(=O)O)NC(=O)NC(C)(C)COC. The number of carboxylic acids is 1. The molecule has 6 nitrogen and oxygen atoms in total. The molecule has 106 valence electrons. The fourth-order valence-corrected chi connectivity index (χ4v) is 1.71. The molecule has 0 rings (SSSR count). The van der Waals surface area contributed by atoms with Gasteiger partial charge in [0.1, 0.15) is 0 Å². The Bertz CT molecular complexity index is 279. The standard InChI is InChI=1S/C12H24N2O4/c1-5-6-9(7-10(15)16)13-11(17)14-12(2,3)8-18-4/h9H,5-8H2,1-4H3,(H,15,16)(H2,13,14,17). The number of hydrogen-bond donors (Lipinski definition) is 3. The van der Waals surface area contributed by atoms with Gasteiger partial charge in [0.2, 0.25) is 0 Å². The molecule has 0 aromatic carbocycles. The summed E-state index contributed by atoms with van der Waals surface area (Å²) in [6.45, 7) is 6.01. The molecule has 0 aliphatic rings. The second-order valence-corrected chi connectivity index (χ2v) is 5.00. The average molecular weight is 260 g/mol. The van der Waals surface area contributed by atoms with Gasteiger partial charge >= 0.3 is 12.0 Å². The Hall–Kier alpha value is -1.30. The molecule has 0 radical (unpaired) electrons. The summed E-state index contributed by atoms with van der Waals surface area (Å²) in [6, 6.07) is -0.706. The van der Waals surface area contributed by atoms with Crippen LogP contribution in [0, 0.1) is 0 Å². The number of hydrogen-bond acceptors (Lipinski definition) is 3. The van der Waals surface area contributed by atoms with Crippen molar-refractivity contribution in [2.45, 2.75) is 51.6 Å². The predicted octanol–water partition coefficient (Wildman–Crippen LogP) is 1.35. The van der Waals surface area contributed by atoms with Crippen molar-refractivity contribution in [1.82, 2.24) is 10.6 Å². The summed E-state index contributed by atoms with van der Waals surface area (Å²) in [4.78, 5) is 22.4. The van der Waals surface area contributed by atoms with E-state index in [1.54, 1.807) is 7.11 Å². The monoisotopic (exact) mass is 260 g/mol. The summed E-state index contributed by atoms with van der Waals surface area (Å²) < 4.78 is 4.99. The molecule has 6 heteroatoms. The van der Waals surface area contributed by atoms with Gasteiger partial charge in [-0.05, 0) is 20.3 Å². The molecule has 2 amide bonds. The molecule has 0 fully saturated rings. The highest BCUT2D eigenvalue weighted by Crippen LogP contribution is 2.04. The van der Waals surface area contributed by atoms with Crippen LogP contribution >= 0.6 is 0 Å². The molecule has 3 N–H and O–H groups in total. The van der Waals surface area contributed by atoms with Gasteiger partial charge in [-0.2, -0.15) is 0 Å². The third kappa shape index (κ3) is 7.89. The first-order valence-electron chi connectivity index (χ1n) is 6.10. The maximum absolute atomic E-state index is 11.7. The van der Waals surface area contributed by atoms with Crippen LogP contribution in [0.4, 0.5) is 4.79 Å². The van der Waals surface area contributed by atoms with E-state index < -0.39 is 11.5 Å². The smallest absolute Gasteiger partial charge is 0.315 e. The van der Waals surface area contributed by atoms with E-state index in [9.17, 15) is 9.59 Å². The molecule has 1 unspecified atom stereocenters. The van der Waals surface area contributed by atoms with Gasteiger partial charge in [0.05, 0.1) is 18.6 Å². The quantitative estimate of drug-likeness (QED) is 0.615. The number of carbonyl (C=O) groups is 2. The highest BCUT2D eigenvalue weighted by atomic mass is 16.5. The van der Waals surface area contributed by atoms with Crippen LogP contribution in [0.3, 0.4) is 0 Å². The third-order valence-electron chi connectivity index (χ3n) is 2.35. The van der Waals surface area contributed by atoms with E-state index in [0.29, 0.717) is 13.0 Å². The van der Waals surface area contributed by atoms with Crippen molar-refractivity contribution in [3.63, 3.8) is 0 Å². The number of urea groups is 1. The number of methoxy groups -OCH3 is 1. The van der Waals surface area contributed by atoms with Crippen molar-refractivity contribution in [3.8, 4) is 0 Å². The first-order chi connectivity index (χ1) is 8.30. The fourth-order valence-electron chi connectivity index (χ4n) is 1.71. The topological polar surface area (TPSA) is 87.7 Å². The minimum atomic E-state index is -0.912. The average Bonchev–Trinajstić information content (AvgIpc) is 2.14. The van der Waals surface area contributed by atoms with Gasteiger partial charge in [0.25, 0.3) is 0 Å². The zero-order valence-electron chi connectivity index (χ0n) is 11.6. The van der Waals surface area contributed by atoms with E-state index in [2.05, 4.69) is 10.6 Å². The van der Waals surface area contributed by atoms with Gasteiger partial charge in [0, 0.05) is 13.2 Å². The Balaban J connectivity index is 4.28. The zero-order valence-corrected chi connectivity index (χ0v) is 11.6. The minimum absolute atomic E-state index is 0.0635. The number of rotatable bonds is 8. The summed E-state index contributed by atoms with van der Waals surface area (Å²) in [6.07, 6.45) is 1.40. The lowest BCUT2D eigenvalue weighted by atomic mass is 10.1. The van der Waals surface area contributed by atoms with Crippen molar-refractivity contribution >= 4 is 12.0 Å². The molecule has 18 heavy (non-hydrogen) atoms. The van der Waals surface area contributed by atoms with E-state index in [1.165, 1.54) is 0 Å². The maximum atomic E-state index is 11.7. The fraction of sp³-hybridized carbons (Fsp3) is 0.833. The molecule has 0 saturated heterocycles. The second kappa shape index (κ2) is 7.92. The number of carboxylic acid groups (broad SMARTS) is 1. The van der Waals surface area contributed by atoms with E-state index in [4.69, 9.17) is 9.84 Å². The lowest BCUT2D eigenvalue weighted by Gasteiger charge is -2.27. The molecule has 0 bridgehead atoms. The number of amides is 2. The first kappa shape index (κ1) is 16.7. The van der Waals surface area contributed by atoms with Gasteiger partial charge in [-0.15, -0.1) is 0 Å². The van der Waals surface area contributed by atoms with Gasteiger partial charge in [0.15, 0.2) is 0 Å². The van der Waals surface area contributed by atoms with Crippen molar-refractivity contribution < 1.29 is 19.4 Å². The Morgan fingerprint density at radius 3 is 2.44 bits per heavy atom. The van der Waals surface area contributed by atoms with Crippen LogP contribution in [0.25, 0.3) is 0 Å². The summed E-state index contributed by atoms with van der Waals surface area (Å²) >= 11 is 0. The number of ether oxygens (including phenoxy) is 1. The highest BCUT2D eigenvalue weighted by molar-refractivity contribution is 5.76. The van der Waals surface area contributed by atoms with Crippen LogP contribution in [0.1, 0.15) is 40.0 Å². The molecule has 0 heterocycles. The van der Waals surface area contributed by atoms with E-state index in [1.807, 2.05) is 20.8 Å².